The summed E-state index contributed by atoms with van der Waals surface area (Å²) in [5.74, 6) is -0.738. The Balaban J connectivity index is 2.42. The number of ether oxygens (including phenoxy) is 1. The number of aliphatic carboxylic acids is 1. The van der Waals surface area contributed by atoms with Crippen molar-refractivity contribution in [3.05, 3.63) is 0 Å². The van der Waals surface area contributed by atoms with Crippen molar-refractivity contribution < 1.29 is 14.6 Å². The van der Waals surface area contributed by atoms with Crippen LogP contribution in [-0.2, 0) is 9.53 Å². The van der Waals surface area contributed by atoms with Gasteiger partial charge in [-0.15, -0.1) is 0 Å². The van der Waals surface area contributed by atoms with Gasteiger partial charge in [0.05, 0.1) is 11.5 Å². The number of carboxylic acid groups (broad SMARTS) is 1. The molecule has 3 nitrogen and oxygen atoms in total. The van der Waals surface area contributed by atoms with Crippen LogP contribution in [0, 0.1) is 5.41 Å². The van der Waals surface area contributed by atoms with Gasteiger partial charge in [-0.3, -0.25) is 4.79 Å². The molecule has 0 aromatic heterocycles. The lowest BCUT2D eigenvalue weighted by atomic mass is 9.86. The third kappa shape index (κ3) is 2.21. The fourth-order valence-corrected chi connectivity index (χ4v) is 1.46. The molecule has 0 bridgehead atoms. The Labute approximate surface area is 72.7 Å². The SMILES string of the molecule is CC(C)(CC1CCCO1)C(=O)O. The normalized spacial score (nSPS) is 24.3. The molecule has 1 saturated heterocycles. The molecule has 3 heteroatoms. The summed E-state index contributed by atoms with van der Waals surface area (Å²) in [6.07, 6.45) is 2.87. The Morgan fingerprint density at radius 3 is 2.75 bits per heavy atom. The highest BCUT2D eigenvalue weighted by Gasteiger charge is 2.32. The topological polar surface area (TPSA) is 46.5 Å². The van der Waals surface area contributed by atoms with E-state index in [1.807, 2.05) is 0 Å². The van der Waals surface area contributed by atoms with Crippen molar-refractivity contribution in [2.24, 2.45) is 5.41 Å². The summed E-state index contributed by atoms with van der Waals surface area (Å²) in [4.78, 5) is 10.8. The Bertz CT molecular complexity index is 169. The van der Waals surface area contributed by atoms with Gasteiger partial charge in [-0.25, -0.2) is 0 Å². The first-order chi connectivity index (χ1) is 5.52. The summed E-state index contributed by atoms with van der Waals surface area (Å²) < 4.78 is 5.38. The van der Waals surface area contributed by atoms with Crippen molar-refractivity contribution >= 4 is 5.97 Å². The van der Waals surface area contributed by atoms with E-state index in [-0.39, 0.29) is 6.10 Å². The quantitative estimate of drug-likeness (QED) is 0.704. The zero-order valence-corrected chi connectivity index (χ0v) is 7.67. The number of carboxylic acids is 1. The zero-order chi connectivity index (χ0) is 9.19. The smallest absolute Gasteiger partial charge is 0.309 e. The number of carbonyl (C=O) groups is 1. The zero-order valence-electron chi connectivity index (χ0n) is 7.67. The lowest BCUT2D eigenvalue weighted by Gasteiger charge is -2.22. The lowest BCUT2D eigenvalue weighted by molar-refractivity contribution is -0.148. The van der Waals surface area contributed by atoms with Crippen LogP contribution in [-0.4, -0.2) is 23.8 Å². The molecule has 0 saturated carbocycles. The van der Waals surface area contributed by atoms with Crippen LogP contribution in [0.5, 0.6) is 0 Å². The Morgan fingerprint density at radius 2 is 2.33 bits per heavy atom. The largest absolute Gasteiger partial charge is 0.481 e. The summed E-state index contributed by atoms with van der Waals surface area (Å²) in [5.41, 5.74) is -0.644. The number of hydrogen-bond acceptors (Lipinski definition) is 2. The molecule has 0 aromatic carbocycles. The van der Waals surface area contributed by atoms with Crippen LogP contribution in [0.3, 0.4) is 0 Å². The molecule has 12 heavy (non-hydrogen) atoms. The van der Waals surface area contributed by atoms with Gasteiger partial charge in [0, 0.05) is 6.61 Å². The molecular weight excluding hydrogens is 156 g/mol. The summed E-state index contributed by atoms with van der Waals surface area (Å²) >= 11 is 0. The Morgan fingerprint density at radius 1 is 1.67 bits per heavy atom. The highest BCUT2D eigenvalue weighted by molar-refractivity contribution is 5.73. The molecule has 1 N–H and O–H groups in total. The van der Waals surface area contributed by atoms with E-state index in [1.165, 1.54) is 0 Å². The molecule has 1 aliphatic rings. The molecule has 1 fully saturated rings. The Hall–Kier alpha value is -0.570. The fourth-order valence-electron chi connectivity index (χ4n) is 1.46. The van der Waals surface area contributed by atoms with Crippen molar-refractivity contribution in [2.45, 2.75) is 39.2 Å². The number of rotatable bonds is 3. The van der Waals surface area contributed by atoms with Gasteiger partial charge in [-0.1, -0.05) is 0 Å². The second-order valence-corrected chi connectivity index (χ2v) is 4.03. The van der Waals surface area contributed by atoms with Gasteiger partial charge in [0.2, 0.25) is 0 Å². The third-order valence-electron chi connectivity index (χ3n) is 2.34. The van der Waals surface area contributed by atoms with Gasteiger partial charge >= 0.3 is 5.97 Å². The summed E-state index contributed by atoms with van der Waals surface area (Å²) in [6, 6.07) is 0. The van der Waals surface area contributed by atoms with E-state index >= 15 is 0 Å². The molecule has 1 rings (SSSR count). The van der Waals surface area contributed by atoms with E-state index in [2.05, 4.69) is 0 Å². The highest BCUT2D eigenvalue weighted by atomic mass is 16.5. The number of hydrogen-bond donors (Lipinski definition) is 1. The molecule has 1 unspecified atom stereocenters. The van der Waals surface area contributed by atoms with Gasteiger partial charge in [0.15, 0.2) is 0 Å². The van der Waals surface area contributed by atoms with Crippen molar-refractivity contribution in [1.29, 1.82) is 0 Å². The molecular formula is C9H16O3. The molecule has 0 amide bonds. The van der Waals surface area contributed by atoms with E-state index in [4.69, 9.17) is 9.84 Å². The monoisotopic (exact) mass is 172 g/mol. The standard InChI is InChI=1S/C9H16O3/c1-9(2,8(10)11)6-7-4-3-5-12-7/h7H,3-6H2,1-2H3,(H,10,11). The Kier molecular flexibility index (Phi) is 2.73. The average Bonchev–Trinajstić information content (AvgIpc) is 2.38. The molecule has 0 radical (unpaired) electrons. The van der Waals surface area contributed by atoms with E-state index in [0.717, 1.165) is 19.4 Å². The van der Waals surface area contributed by atoms with Crippen LogP contribution in [0.15, 0.2) is 0 Å². The molecule has 1 atom stereocenters. The van der Waals surface area contributed by atoms with Crippen LogP contribution < -0.4 is 0 Å². The van der Waals surface area contributed by atoms with Crippen molar-refractivity contribution in [2.75, 3.05) is 6.61 Å². The highest BCUT2D eigenvalue weighted by Crippen LogP contribution is 2.28. The van der Waals surface area contributed by atoms with Crippen molar-refractivity contribution in [3.63, 3.8) is 0 Å². The van der Waals surface area contributed by atoms with Crippen LogP contribution in [0.2, 0.25) is 0 Å². The van der Waals surface area contributed by atoms with Gasteiger partial charge in [-0.05, 0) is 33.1 Å². The third-order valence-corrected chi connectivity index (χ3v) is 2.34. The second-order valence-electron chi connectivity index (χ2n) is 4.03. The minimum absolute atomic E-state index is 0.163. The molecule has 70 valence electrons. The van der Waals surface area contributed by atoms with Gasteiger partial charge in [-0.2, -0.15) is 0 Å². The van der Waals surface area contributed by atoms with Gasteiger partial charge < -0.3 is 9.84 Å². The van der Waals surface area contributed by atoms with Crippen LogP contribution in [0.1, 0.15) is 33.1 Å². The first-order valence-corrected chi connectivity index (χ1v) is 4.37. The maximum Gasteiger partial charge on any atom is 0.309 e. The average molecular weight is 172 g/mol. The van der Waals surface area contributed by atoms with Crippen molar-refractivity contribution in [1.82, 2.24) is 0 Å². The van der Waals surface area contributed by atoms with E-state index in [9.17, 15) is 4.79 Å². The van der Waals surface area contributed by atoms with Gasteiger partial charge in [0.25, 0.3) is 0 Å². The van der Waals surface area contributed by atoms with Crippen LogP contribution in [0.4, 0.5) is 0 Å². The minimum atomic E-state index is -0.738. The summed E-state index contributed by atoms with van der Waals surface area (Å²) in [7, 11) is 0. The molecule has 0 spiro atoms. The summed E-state index contributed by atoms with van der Waals surface area (Å²) in [5, 5.41) is 8.85. The van der Waals surface area contributed by atoms with Crippen LogP contribution in [0.25, 0.3) is 0 Å². The fraction of sp³-hybridized carbons (Fsp3) is 0.889. The van der Waals surface area contributed by atoms with E-state index < -0.39 is 11.4 Å². The van der Waals surface area contributed by atoms with E-state index in [1.54, 1.807) is 13.8 Å². The predicted octanol–water partition coefficient (Wildman–Crippen LogP) is 1.67. The van der Waals surface area contributed by atoms with Crippen molar-refractivity contribution in [3.8, 4) is 0 Å². The lowest BCUT2D eigenvalue weighted by Crippen LogP contribution is -2.28. The van der Waals surface area contributed by atoms with Gasteiger partial charge in [0.1, 0.15) is 0 Å². The van der Waals surface area contributed by atoms with Crippen LogP contribution >= 0.6 is 0 Å². The molecule has 0 aliphatic carbocycles. The minimum Gasteiger partial charge on any atom is -0.481 e. The maximum absolute atomic E-state index is 10.8. The summed E-state index contributed by atoms with van der Waals surface area (Å²) in [6.45, 7) is 4.29. The predicted molar refractivity (Wildman–Crippen MR) is 45.0 cm³/mol. The maximum atomic E-state index is 10.8. The first-order valence-electron chi connectivity index (χ1n) is 4.37. The van der Waals surface area contributed by atoms with E-state index in [0.29, 0.717) is 6.42 Å². The molecule has 1 aliphatic heterocycles. The first kappa shape index (κ1) is 9.52. The molecule has 1 heterocycles. The molecule has 0 aromatic rings. The second kappa shape index (κ2) is 3.44.